The molecule has 2 aromatic carbocycles. The van der Waals surface area contributed by atoms with E-state index in [4.69, 9.17) is 30.8 Å². The maximum Gasteiger partial charge on any atom is 0.586 e. The topological polar surface area (TPSA) is 251 Å². The van der Waals surface area contributed by atoms with E-state index in [1.807, 2.05) is 72.1 Å². The predicted octanol–water partition coefficient (Wildman–Crippen LogP) is 8.74. The Morgan fingerprint density at radius 1 is 0.518 bits per heavy atom. The van der Waals surface area contributed by atoms with Crippen LogP contribution in [0.2, 0.25) is 20.0 Å². The van der Waals surface area contributed by atoms with Crippen LogP contribution < -0.4 is 37.4 Å². The Morgan fingerprint density at radius 3 is 1.29 bits per heavy atom. The Morgan fingerprint density at radius 2 is 0.882 bits per heavy atom. The molecule has 10 rings (SSSR count). The standard InChI is InChI=1S/C19H21F2N5O4.C12H18ClN5O2.C12H18N5O2.C7H3BrF2O2.3CH3.Sn/c1-18(2,3)30-17(27)26-8-6-25(7-9-26)16-23-13(11-22-24-16)12-4-5-14-15(10-12)29-19(20,21)28-14;1-12(2,3)20-11(19)18-6-4-17(5-7-18)10-15-9(13)8-14-16-10;1-12(2,3)19-11(18)17-8-6-16(7-9-17)10-13-4-5-14-15-10;8-4-1-2-5-6(3-4)12-7(9,10)11-5;;;;/h4-5,10-11H,6-9H2,1-3H3;8H,4-7H2,1-3H3;5H,6-9H2,1-3H3;1-3H;3*1H3;. The van der Waals surface area contributed by atoms with Crippen molar-refractivity contribution < 1.29 is 65.1 Å². The molecule has 5 aliphatic heterocycles. The third kappa shape index (κ3) is 19.9. The van der Waals surface area contributed by atoms with Gasteiger partial charge in [0.1, 0.15) is 11.2 Å². The summed E-state index contributed by atoms with van der Waals surface area (Å²) in [4.78, 5) is 67.5. The fourth-order valence-electron chi connectivity index (χ4n) is 8.04. The number of hydrogen-bond donors (Lipinski definition) is 0. The van der Waals surface area contributed by atoms with Crippen LogP contribution in [0, 0.1) is 0 Å². The van der Waals surface area contributed by atoms with Crippen molar-refractivity contribution in [3.05, 3.63) is 64.6 Å². The molecule has 0 saturated carbocycles. The molecule has 0 radical (unpaired) electrons. The number of alkyl halides is 4. The normalized spacial score (nSPS) is 17.1. The van der Waals surface area contributed by atoms with Crippen LogP contribution in [0.5, 0.6) is 23.0 Å². The molecule has 3 aromatic heterocycles. The minimum Gasteiger partial charge on any atom is -0.444 e. The van der Waals surface area contributed by atoms with Crippen molar-refractivity contribution in [1.29, 1.82) is 0 Å². The number of rotatable bonds is 5. The molecule has 0 unspecified atom stereocenters. The first-order valence-electron chi connectivity index (χ1n) is 27.0. The van der Waals surface area contributed by atoms with Gasteiger partial charge in [0, 0.05) is 62.4 Å². The van der Waals surface area contributed by atoms with E-state index in [2.05, 4.69) is 95.2 Å². The number of aromatic nitrogens is 9. The van der Waals surface area contributed by atoms with Crippen LogP contribution in [0.3, 0.4) is 0 Å². The van der Waals surface area contributed by atoms with Crippen LogP contribution in [0.4, 0.5) is 49.8 Å². The predicted molar refractivity (Wildman–Crippen MR) is 310 cm³/mol. The molecule has 3 amide bonds. The number of fused-ring (bicyclic) bond motifs is 2. The first kappa shape index (κ1) is 65.7. The van der Waals surface area contributed by atoms with Gasteiger partial charge in [0.2, 0.25) is 11.9 Å². The van der Waals surface area contributed by atoms with Gasteiger partial charge in [0.05, 0.1) is 18.1 Å². The number of hydrogen-bond acceptors (Lipinski definition) is 22. The quantitative estimate of drug-likeness (QED) is 0.0905. The number of amides is 3. The second-order valence-corrected chi connectivity index (χ2v) is 39.2. The van der Waals surface area contributed by atoms with E-state index in [9.17, 15) is 31.9 Å². The van der Waals surface area contributed by atoms with Gasteiger partial charge >= 0.3 is 167 Å². The van der Waals surface area contributed by atoms with Crippen LogP contribution in [0.25, 0.3) is 11.3 Å². The summed E-state index contributed by atoms with van der Waals surface area (Å²) in [6.07, 6.45) is -3.47. The second kappa shape index (κ2) is 26.8. The van der Waals surface area contributed by atoms with Gasteiger partial charge in [-0.1, -0.05) is 27.5 Å². The number of piperazine rings is 3. The average Bonchev–Trinajstić information content (AvgIpc) is 2.82. The number of carbonyl (C=O) groups is 3. The molecule has 0 bridgehead atoms. The molecule has 0 N–H and O–H groups in total. The Bertz CT molecular complexity index is 3140. The summed E-state index contributed by atoms with van der Waals surface area (Å²) in [7, 11) is 0. The molecule has 0 aliphatic carbocycles. The second-order valence-electron chi connectivity index (χ2n) is 23.6. The summed E-state index contributed by atoms with van der Waals surface area (Å²) < 4.78 is 86.5. The fraction of sp³-hybridized carbons (Fsp3) is 0.547. The fourth-order valence-corrected chi connectivity index (χ4v) is 11.0. The number of anilines is 3. The third-order valence-electron chi connectivity index (χ3n) is 12.1. The Labute approximate surface area is 506 Å². The van der Waals surface area contributed by atoms with Crippen molar-refractivity contribution >= 4 is 85.7 Å². The SMILES string of the molecule is CC(C)(C)OC(=O)N1CCN(c2nnc[c]([Sn]([CH3])([CH3])[CH3])n2)CC1.CC(C)(C)OC(=O)N1CCN(c2nncc(-c3ccc4c(c3)OC(F)(F)O4)n2)CC1.CC(C)(C)OC(=O)N1CCN(c2nncc(Cl)n2)CC1.FC1(F)Oc2ccc(Br)cc2O1. The number of halogens is 6. The van der Waals surface area contributed by atoms with Gasteiger partial charge in [-0.15, -0.1) is 27.8 Å². The Kier molecular flexibility index (Phi) is 20.7. The van der Waals surface area contributed by atoms with Crippen LogP contribution in [0.1, 0.15) is 62.3 Å². The van der Waals surface area contributed by atoms with Crippen molar-refractivity contribution in [2.24, 2.45) is 0 Å². The molecule has 0 spiro atoms. The zero-order valence-corrected chi connectivity index (χ0v) is 54.4. The van der Waals surface area contributed by atoms with Crippen molar-refractivity contribution in [1.82, 2.24) is 60.2 Å². The van der Waals surface area contributed by atoms with Gasteiger partial charge < -0.3 is 48.0 Å². The minimum atomic E-state index is -3.68. The molecule has 5 aromatic rings. The maximum atomic E-state index is 13.2. The monoisotopic (exact) mass is 1390 g/mol. The van der Waals surface area contributed by atoms with Crippen molar-refractivity contribution in [3.8, 4) is 34.3 Å². The Balaban J connectivity index is 0.000000169. The van der Waals surface area contributed by atoms with E-state index >= 15 is 0 Å². The minimum absolute atomic E-state index is 0.0377. The summed E-state index contributed by atoms with van der Waals surface area (Å²) in [6, 6.07) is 8.86. The van der Waals surface area contributed by atoms with Crippen LogP contribution in [-0.4, -0.2) is 205 Å². The molecule has 462 valence electrons. The van der Waals surface area contributed by atoms with Crippen LogP contribution in [-0.2, 0) is 14.2 Å². The summed E-state index contributed by atoms with van der Waals surface area (Å²) in [6.45, 7) is 23.6. The first-order chi connectivity index (χ1) is 39.6. The average molecular weight is 1390 g/mol. The zero-order chi connectivity index (χ0) is 62.3. The molecular weight excluding hydrogens is 1320 g/mol. The third-order valence-corrected chi connectivity index (χ3v) is 17.8. The smallest absolute Gasteiger partial charge is 0.444 e. The molecule has 0 atom stereocenters. The van der Waals surface area contributed by atoms with Crippen molar-refractivity contribution in [2.45, 2.75) is 107 Å². The summed E-state index contributed by atoms with van der Waals surface area (Å²) >= 11 is 6.66. The van der Waals surface area contributed by atoms with E-state index in [-0.39, 0.29) is 41.3 Å². The largest absolute Gasteiger partial charge is 0.586 e. The van der Waals surface area contributed by atoms with Gasteiger partial charge in [0.25, 0.3) is 0 Å². The molecular formula is C53H69BrClF4N15O10Sn. The number of nitrogens with zero attached hydrogens (tertiary/aromatic N) is 15. The van der Waals surface area contributed by atoms with Crippen molar-refractivity contribution in [3.63, 3.8) is 0 Å². The van der Waals surface area contributed by atoms with Gasteiger partial charge in [-0.05, 0) is 77.9 Å². The van der Waals surface area contributed by atoms with E-state index in [0.717, 1.165) is 3.71 Å². The molecule has 32 heteroatoms. The molecule has 5 aliphatic rings. The van der Waals surface area contributed by atoms with Gasteiger partial charge in [-0.3, -0.25) is 0 Å². The number of carbonyl (C=O) groups excluding carboxylic acids is 3. The summed E-state index contributed by atoms with van der Waals surface area (Å²) in [5, 5.41) is 24.4. The molecule has 85 heavy (non-hydrogen) atoms. The van der Waals surface area contributed by atoms with Gasteiger partial charge in [-0.2, -0.15) is 15.2 Å². The van der Waals surface area contributed by atoms with E-state index in [1.165, 1.54) is 36.7 Å². The molecule has 3 saturated heterocycles. The number of ether oxygens (including phenoxy) is 7. The maximum absolute atomic E-state index is 13.2. The Hall–Kier alpha value is -6.83. The van der Waals surface area contributed by atoms with Crippen LogP contribution in [0.15, 0.2) is 59.5 Å². The zero-order valence-electron chi connectivity index (χ0n) is 49.2. The summed E-state index contributed by atoms with van der Waals surface area (Å²) in [5.41, 5.74) is -0.497. The molecule has 25 nitrogen and oxygen atoms in total. The van der Waals surface area contributed by atoms with Crippen LogP contribution >= 0.6 is 27.5 Å². The van der Waals surface area contributed by atoms with Gasteiger partial charge in [0.15, 0.2) is 28.2 Å². The van der Waals surface area contributed by atoms with Crippen molar-refractivity contribution in [2.75, 3.05) is 93.2 Å². The van der Waals surface area contributed by atoms with E-state index in [1.54, 1.807) is 33.0 Å². The van der Waals surface area contributed by atoms with E-state index in [0.29, 0.717) is 117 Å². The molecule has 8 heterocycles. The summed E-state index contributed by atoms with van der Waals surface area (Å²) in [5.74, 6) is 1.56. The first-order valence-corrected chi connectivity index (χ1v) is 38.1. The number of benzene rings is 2. The van der Waals surface area contributed by atoms with Gasteiger partial charge in [-0.25, -0.2) is 14.6 Å². The molecule has 3 fully saturated rings. The van der Waals surface area contributed by atoms with E-state index < -0.39 is 47.8 Å².